The standard InChI is InChI=1S/C8H9BN2O3/c1-6-4-11(5-10-6)8-3-2-7(14-8)9(12)13/h2-5,12-13H,1H3. The summed E-state index contributed by atoms with van der Waals surface area (Å²) in [7, 11) is -1.58. The minimum Gasteiger partial charge on any atom is -0.448 e. The summed E-state index contributed by atoms with van der Waals surface area (Å²) in [6.45, 7) is 1.86. The van der Waals surface area contributed by atoms with E-state index in [4.69, 9.17) is 14.5 Å². The Kier molecular flexibility index (Phi) is 2.15. The predicted octanol–water partition coefficient (Wildman–Crippen LogP) is -0.546. The Labute approximate surface area is 80.8 Å². The van der Waals surface area contributed by atoms with E-state index in [-0.39, 0.29) is 5.66 Å². The van der Waals surface area contributed by atoms with Gasteiger partial charge < -0.3 is 14.5 Å². The van der Waals surface area contributed by atoms with E-state index in [1.807, 2.05) is 6.92 Å². The van der Waals surface area contributed by atoms with Crippen LogP contribution in [0.4, 0.5) is 0 Å². The van der Waals surface area contributed by atoms with E-state index in [2.05, 4.69) is 4.98 Å². The van der Waals surface area contributed by atoms with E-state index in [0.717, 1.165) is 5.69 Å². The summed E-state index contributed by atoms with van der Waals surface area (Å²) in [5.74, 6) is 0.508. The molecular weight excluding hydrogens is 183 g/mol. The molecule has 0 radical (unpaired) electrons. The minimum absolute atomic E-state index is 0.117. The smallest absolute Gasteiger partial charge is 0.448 e. The fourth-order valence-electron chi connectivity index (χ4n) is 1.16. The summed E-state index contributed by atoms with van der Waals surface area (Å²) in [5.41, 5.74) is 0.985. The normalized spacial score (nSPS) is 10.5. The third-order valence-electron chi connectivity index (χ3n) is 1.83. The zero-order valence-corrected chi connectivity index (χ0v) is 7.58. The molecule has 2 heterocycles. The number of hydrogen-bond donors (Lipinski definition) is 2. The first-order valence-corrected chi connectivity index (χ1v) is 4.13. The van der Waals surface area contributed by atoms with Gasteiger partial charge >= 0.3 is 7.12 Å². The highest BCUT2D eigenvalue weighted by molar-refractivity contribution is 6.57. The number of aromatic nitrogens is 2. The van der Waals surface area contributed by atoms with Crippen molar-refractivity contribution in [1.82, 2.24) is 9.55 Å². The summed E-state index contributed by atoms with van der Waals surface area (Å²) < 4.78 is 6.84. The largest absolute Gasteiger partial charge is 0.526 e. The summed E-state index contributed by atoms with van der Waals surface area (Å²) in [6, 6.07) is 3.16. The van der Waals surface area contributed by atoms with Crippen LogP contribution in [0, 0.1) is 6.92 Å². The van der Waals surface area contributed by atoms with Gasteiger partial charge in [0.25, 0.3) is 0 Å². The summed E-state index contributed by atoms with van der Waals surface area (Å²) in [4.78, 5) is 4.03. The second-order valence-electron chi connectivity index (χ2n) is 2.97. The van der Waals surface area contributed by atoms with Crippen LogP contribution in [-0.4, -0.2) is 26.7 Å². The summed E-state index contributed by atoms with van der Waals surface area (Å²) in [6.07, 6.45) is 3.38. The molecule has 72 valence electrons. The molecule has 0 aliphatic carbocycles. The Morgan fingerprint density at radius 1 is 1.43 bits per heavy atom. The number of imidazole rings is 1. The lowest BCUT2D eigenvalue weighted by atomic mass is 9.88. The van der Waals surface area contributed by atoms with Crippen LogP contribution in [0.15, 0.2) is 29.1 Å². The molecule has 0 saturated carbocycles. The number of rotatable bonds is 2. The SMILES string of the molecule is Cc1cn(-c2ccc(B(O)O)o2)cn1. The van der Waals surface area contributed by atoms with Gasteiger partial charge in [-0.05, 0) is 13.0 Å². The molecule has 0 aromatic carbocycles. The summed E-state index contributed by atoms with van der Waals surface area (Å²) >= 11 is 0. The van der Waals surface area contributed by atoms with E-state index < -0.39 is 7.12 Å². The van der Waals surface area contributed by atoms with Crippen molar-refractivity contribution in [1.29, 1.82) is 0 Å². The highest BCUT2D eigenvalue weighted by Crippen LogP contribution is 2.07. The molecule has 2 aromatic rings. The fourth-order valence-corrected chi connectivity index (χ4v) is 1.16. The number of aryl methyl sites for hydroxylation is 1. The lowest BCUT2D eigenvalue weighted by Crippen LogP contribution is -2.28. The van der Waals surface area contributed by atoms with Crippen LogP contribution in [0.1, 0.15) is 5.69 Å². The van der Waals surface area contributed by atoms with Gasteiger partial charge in [-0.2, -0.15) is 0 Å². The quantitative estimate of drug-likeness (QED) is 0.626. The lowest BCUT2D eigenvalue weighted by Gasteiger charge is -1.95. The third kappa shape index (κ3) is 1.57. The van der Waals surface area contributed by atoms with E-state index in [1.165, 1.54) is 6.07 Å². The van der Waals surface area contributed by atoms with Crippen LogP contribution in [0.5, 0.6) is 0 Å². The maximum atomic E-state index is 8.83. The Balaban J connectivity index is 2.33. The molecule has 0 unspecified atom stereocenters. The second-order valence-corrected chi connectivity index (χ2v) is 2.97. The molecule has 0 amide bonds. The topological polar surface area (TPSA) is 71.4 Å². The molecule has 0 atom stereocenters. The van der Waals surface area contributed by atoms with Crippen molar-refractivity contribution in [2.45, 2.75) is 6.92 Å². The van der Waals surface area contributed by atoms with Gasteiger partial charge in [0.2, 0.25) is 5.88 Å². The van der Waals surface area contributed by atoms with Gasteiger partial charge in [0.1, 0.15) is 12.0 Å². The van der Waals surface area contributed by atoms with Gasteiger partial charge in [-0.1, -0.05) is 0 Å². The second kappa shape index (κ2) is 3.32. The average molecular weight is 192 g/mol. The molecule has 6 heteroatoms. The predicted molar refractivity (Wildman–Crippen MR) is 50.4 cm³/mol. The van der Waals surface area contributed by atoms with Crippen LogP contribution in [-0.2, 0) is 0 Å². The first-order valence-electron chi connectivity index (χ1n) is 4.13. The van der Waals surface area contributed by atoms with Gasteiger partial charge in [-0.15, -0.1) is 0 Å². The van der Waals surface area contributed by atoms with Gasteiger partial charge in [-0.25, -0.2) is 4.98 Å². The van der Waals surface area contributed by atoms with Crippen molar-refractivity contribution >= 4 is 12.8 Å². The van der Waals surface area contributed by atoms with Gasteiger partial charge in [0.15, 0.2) is 0 Å². The molecular formula is C8H9BN2O3. The van der Waals surface area contributed by atoms with Crippen LogP contribution >= 0.6 is 0 Å². The minimum atomic E-state index is -1.58. The molecule has 0 bridgehead atoms. The molecule has 2 N–H and O–H groups in total. The lowest BCUT2D eigenvalue weighted by molar-refractivity contribution is 0.408. The number of furan rings is 1. The maximum Gasteiger partial charge on any atom is 0.526 e. The monoisotopic (exact) mass is 192 g/mol. The highest BCUT2D eigenvalue weighted by atomic mass is 16.4. The van der Waals surface area contributed by atoms with E-state index in [9.17, 15) is 0 Å². The van der Waals surface area contributed by atoms with Gasteiger partial charge in [0, 0.05) is 12.3 Å². The zero-order chi connectivity index (χ0) is 10.1. The first kappa shape index (κ1) is 9.05. The van der Waals surface area contributed by atoms with Crippen LogP contribution in [0.25, 0.3) is 5.88 Å². The molecule has 0 aliphatic heterocycles. The molecule has 0 aliphatic rings. The van der Waals surface area contributed by atoms with Crippen molar-refractivity contribution in [2.24, 2.45) is 0 Å². The van der Waals surface area contributed by atoms with E-state index in [1.54, 1.807) is 23.2 Å². The molecule has 14 heavy (non-hydrogen) atoms. The van der Waals surface area contributed by atoms with E-state index in [0.29, 0.717) is 5.88 Å². The molecule has 0 fully saturated rings. The van der Waals surface area contributed by atoms with Crippen molar-refractivity contribution in [3.05, 3.63) is 30.4 Å². The number of hydrogen-bond acceptors (Lipinski definition) is 4. The third-order valence-corrected chi connectivity index (χ3v) is 1.83. The van der Waals surface area contributed by atoms with Crippen molar-refractivity contribution in [2.75, 3.05) is 0 Å². The average Bonchev–Trinajstić information content (AvgIpc) is 2.70. The molecule has 2 aromatic heterocycles. The Bertz CT molecular complexity index is 435. The number of nitrogens with zero attached hydrogens (tertiary/aromatic N) is 2. The Morgan fingerprint density at radius 3 is 2.71 bits per heavy atom. The highest BCUT2D eigenvalue weighted by Gasteiger charge is 2.16. The molecule has 0 spiro atoms. The molecule has 2 rings (SSSR count). The Hall–Kier alpha value is -1.53. The first-order chi connectivity index (χ1) is 6.66. The van der Waals surface area contributed by atoms with Crippen molar-refractivity contribution in [3.8, 4) is 5.88 Å². The van der Waals surface area contributed by atoms with Gasteiger partial charge in [0.05, 0.1) is 5.69 Å². The molecule has 0 saturated heterocycles. The van der Waals surface area contributed by atoms with Crippen molar-refractivity contribution in [3.63, 3.8) is 0 Å². The maximum absolute atomic E-state index is 8.83. The van der Waals surface area contributed by atoms with Crippen LogP contribution in [0.3, 0.4) is 0 Å². The van der Waals surface area contributed by atoms with Crippen LogP contribution in [0.2, 0.25) is 0 Å². The van der Waals surface area contributed by atoms with Crippen molar-refractivity contribution < 1.29 is 14.5 Å². The summed E-state index contributed by atoms with van der Waals surface area (Å²) in [5, 5.41) is 17.7. The fraction of sp³-hybridized carbons (Fsp3) is 0.125. The molecule has 5 nitrogen and oxygen atoms in total. The van der Waals surface area contributed by atoms with E-state index >= 15 is 0 Å². The zero-order valence-electron chi connectivity index (χ0n) is 7.58. The van der Waals surface area contributed by atoms with Crippen LogP contribution < -0.4 is 5.66 Å². The van der Waals surface area contributed by atoms with Gasteiger partial charge in [-0.3, -0.25) is 4.57 Å². The Morgan fingerprint density at radius 2 is 2.21 bits per heavy atom.